The van der Waals surface area contributed by atoms with Crippen LogP contribution in [0.1, 0.15) is 15.9 Å². The number of amides is 2. The van der Waals surface area contributed by atoms with Gasteiger partial charge in [0.1, 0.15) is 0 Å². The fourth-order valence-corrected chi connectivity index (χ4v) is 5.83. The van der Waals surface area contributed by atoms with Gasteiger partial charge in [0.05, 0.1) is 11.4 Å². The van der Waals surface area contributed by atoms with Crippen LogP contribution in [0.4, 0.5) is 11.4 Å². The van der Waals surface area contributed by atoms with Crippen molar-refractivity contribution in [3.63, 3.8) is 0 Å². The molecule has 0 bridgehead atoms. The number of benzene rings is 3. The molecule has 0 spiro atoms. The number of hydrogen-bond donors (Lipinski definition) is 1. The number of anilines is 2. The second-order valence-corrected chi connectivity index (χ2v) is 11.0. The van der Waals surface area contributed by atoms with Crippen LogP contribution in [0.25, 0.3) is 11.3 Å². The second kappa shape index (κ2) is 11.6. The molecule has 0 radical (unpaired) electrons. The van der Waals surface area contributed by atoms with Crippen molar-refractivity contribution in [2.24, 2.45) is 0 Å². The standard InChI is InChI=1S/C29H28N4O2S2/c1-21-7-9-22(10-8-21)26-19-36-29(31-26)37-20-27(34)30-24-11-13-25(14-12-24)32-15-17-33(18-16-32)28(35)23-5-3-2-4-6-23/h2-14,19H,15-18,20H2,1H3,(H,30,34). The number of aromatic nitrogens is 1. The Bertz CT molecular complexity index is 1350. The lowest BCUT2D eigenvalue weighted by Gasteiger charge is -2.36. The van der Waals surface area contributed by atoms with E-state index in [1.54, 1.807) is 11.3 Å². The number of nitrogens with one attached hydrogen (secondary N) is 1. The molecule has 1 saturated heterocycles. The van der Waals surface area contributed by atoms with E-state index in [0.29, 0.717) is 18.8 Å². The topological polar surface area (TPSA) is 65.5 Å². The monoisotopic (exact) mass is 528 g/mol. The summed E-state index contributed by atoms with van der Waals surface area (Å²) in [5.74, 6) is 0.332. The first-order valence-electron chi connectivity index (χ1n) is 12.2. The minimum absolute atomic E-state index is 0.0575. The molecular formula is C29H28N4O2S2. The summed E-state index contributed by atoms with van der Waals surface area (Å²) in [6.45, 7) is 4.99. The van der Waals surface area contributed by atoms with Crippen molar-refractivity contribution >= 4 is 46.3 Å². The molecule has 0 saturated carbocycles. The largest absolute Gasteiger partial charge is 0.368 e. The molecule has 2 heterocycles. The van der Waals surface area contributed by atoms with Gasteiger partial charge >= 0.3 is 0 Å². The predicted octanol–water partition coefficient (Wildman–Crippen LogP) is 5.81. The van der Waals surface area contributed by atoms with E-state index in [1.165, 1.54) is 17.3 Å². The SMILES string of the molecule is Cc1ccc(-c2csc(SCC(=O)Nc3ccc(N4CCN(C(=O)c5ccccc5)CC4)cc3)n2)cc1. The third kappa shape index (κ3) is 6.39. The van der Waals surface area contributed by atoms with Gasteiger partial charge in [-0.15, -0.1) is 11.3 Å². The minimum Gasteiger partial charge on any atom is -0.368 e. The van der Waals surface area contributed by atoms with E-state index in [4.69, 9.17) is 0 Å². The Morgan fingerprint density at radius 3 is 2.32 bits per heavy atom. The van der Waals surface area contributed by atoms with Gasteiger partial charge in [0.15, 0.2) is 4.34 Å². The van der Waals surface area contributed by atoms with Gasteiger partial charge in [-0.2, -0.15) is 0 Å². The number of nitrogens with zero attached hydrogens (tertiary/aromatic N) is 3. The molecule has 1 aliphatic rings. The fraction of sp³-hybridized carbons (Fsp3) is 0.207. The molecule has 0 unspecified atom stereocenters. The molecule has 1 aromatic heterocycles. The molecule has 188 valence electrons. The van der Waals surface area contributed by atoms with Crippen molar-refractivity contribution in [3.8, 4) is 11.3 Å². The molecule has 3 aromatic carbocycles. The molecule has 5 rings (SSSR count). The summed E-state index contributed by atoms with van der Waals surface area (Å²) in [7, 11) is 0. The first kappa shape index (κ1) is 25.0. The maximum atomic E-state index is 12.7. The van der Waals surface area contributed by atoms with Gasteiger partial charge in [0.25, 0.3) is 5.91 Å². The smallest absolute Gasteiger partial charge is 0.253 e. The quantitative estimate of drug-likeness (QED) is 0.307. The third-order valence-electron chi connectivity index (χ3n) is 6.26. The van der Waals surface area contributed by atoms with Crippen LogP contribution < -0.4 is 10.2 Å². The predicted molar refractivity (Wildman–Crippen MR) is 153 cm³/mol. The van der Waals surface area contributed by atoms with Crippen molar-refractivity contribution in [2.75, 3.05) is 42.1 Å². The van der Waals surface area contributed by atoms with Crippen LogP contribution in [-0.2, 0) is 4.79 Å². The number of aryl methyl sites for hydroxylation is 1. The van der Waals surface area contributed by atoms with E-state index in [2.05, 4.69) is 46.4 Å². The van der Waals surface area contributed by atoms with Crippen LogP contribution in [0.3, 0.4) is 0 Å². The Morgan fingerprint density at radius 1 is 0.919 bits per heavy atom. The molecule has 1 aliphatic heterocycles. The zero-order chi connectivity index (χ0) is 25.6. The highest BCUT2D eigenvalue weighted by molar-refractivity contribution is 8.01. The highest BCUT2D eigenvalue weighted by atomic mass is 32.2. The average molecular weight is 529 g/mol. The van der Waals surface area contributed by atoms with Crippen LogP contribution in [0.2, 0.25) is 0 Å². The number of carbonyl (C=O) groups excluding carboxylic acids is 2. The molecule has 8 heteroatoms. The van der Waals surface area contributed by atoms with Crippen molar-refractivity contribution in [3.05, 3.63) is 95.4 Å². The zero-order valence-electron chi connectivity index (χ0n) is 20.6. The Kier molecular flexibility index (Phi) is 7.87. The summed E-state index contributed by atoms with van der Waals surface area (Å²) in [5.41, 5.74) is 5.83. The molecule has 37 heavy (non-hydrogen) atoms. The second-order valence-electron chi connectivity index (χ2n) is 8.89. The molecule has 0 aliphatic carbocycles. The normalized spacial score (nSPS) is 13.4. The Labute approximate surface area is 225 Å². The van der Waals surface area contributed by atoms with Gasteiger partial charge in [-0.3, -0.25) is 9.59 Å². The maximum Gasteiger partial charge on any atom is 0.253 e. The maximum absolute atomic E-state index is 12.7. The summed E-state index contributed by atoms with van der Waals surface area (Å²) in [6.07, 6.45) is 0. The van der Waals surface area contributed by atoms with Crippen LogP contribution in [0.5, 0.6) is 0 Å². The number of carbonyl (C=O) groups is 2. The summed E-state index contributed by atoms with van der Waals surface area (Å²) in [4.78, 5) is 34.0. The van der Waals surface area contributed by atoms with E-state index in [-0.39, 0.29) is 11.8 Å². The van der Waals surface area contributed by atoms with Gasteiger partial charge in [-0.05, 0) is 43.3 Å². The first-order chi connectivity index (χ1) is 18.0. The van der Waals surface area contributed by atoms with Gasteiger partial charge < -0.3 is 15.1 Å². The molecular weight excluding hydrogens is 500 g/mol. The molecule has 6 nitrogen and oxygen atoms in total. The molecule has 4 aromatic rings. The molecule has 1 fully saturated rings. The number of rotatable bonds is 7. The van der Waals surface area contributed by atoms with Crippen molar-refractivity contribution in [1.29, 1.82) is 0 Å². The highest BCUT2D eigenvalue weighted by Crippen LogP contribution is 2.28. The summed E-state index contributed by atoms with van der Waals surface area (Å²) < 4.78 is 0.881. The van der Waals surface area contributed by atoms with Crippen LogP contribution in [-0.4, -0.2) is 53.6 Å². The average Bonchev–Trinajstić information content (AvgIpc) is 3.42. The lowest BCUT2D eigenvalue weighted by Crippen LogP contribution is -2.48. The number of thioether (sulfide) groups is 1. The van der Waals surface area contributed by atoms with Crippen LogP contribution in [0.15, 0.2) is 88.6 Å². The van der Waals surface area contributed by atoms with E-state index in [1.807, 2.05) is 64.9 Å². The van der Waals surface area contributed by atoms with E-state index in [9.17, 15) is 9.59 Å². The summed E-state index contributed by atoms with van der Waals surface area (Å²) >= 11 is 3.01. The van der Waals surface area contributed by atoms with Gasteiger partial charge in [0, 0.05) is 54.1 Å². The van der Waals surface area contributed by atoms with E-state index in [0.717, 1.165) is 45.6 Å². The van der Waals surface area contributed by atoms with Crippen LogP contribution >= 0.6 is 23.1 Å². The Hall–Kier alpha value is -3.62. The van der Waals surface area contributed by atoms with E-state index < -0.39 is 0 Å². The van der Waals surface area contributed by atoms with Crippen molar-refractivity contribution in [2.45, 2.75) is 11.3 Å². The molecule has 2 amide bonds. The Morgan fingerprint density at radius 2 is 1.62 bits per heavy atom. The van der Waals surface area contributed by atoms with Crippen molar-refractivity contribution < 1.29 is 9.59 Å². The number of hydrogen-bond acceptors (Lipinski definition) is 6. The van der Waals surface area contributed by atoms with E-state index >= 15 is 0 Å². The lowest BCUT2D eigenvalue weighted by molar-refractivity contribution is -0.113. The number of thiazole rings is 1. The first-order valence-corrected chi connectivity index (χ1v) is 14.1. The number of piperazine rings is 1. The van der Waals surface area contributed by atoms with Gasteiger partial charge in [-0.1, -0.05) is 59.8 Å². The van der Waals surface area contributed by atoms with Gasteiger partial charge in [0.2, 0.25) is 5.91 Å². The minimum atomic E-state index is -0.0575. The summed E-state index contributed by atoms with van der Waals surface area (Å²) in [6, 6.07) is 25.6. The highest BCUT2D eigenvalue weighted by Gasteiger charge is 2.22. The molecule has 0 atom stereocenters. The zero-order valence-corrected chi connectivity index (χ0v) is 22.2. The van der Waals surface area contributed by atoms with Crippen molar-refractivity contribution in [1.82, 2.24) is 9.88 Å². The van der Waals surface area contributed by atoms with Gasteiger partial charge in [-0.25, -0.2) is 4.98 Å². The molecule has 1 N–H and O–H groups in total. The lowest BCUT2D eigenvalue weighted by atomic mass is 10.1. The summed E-state index contributed by atoms with van der Waals surface area (Å²) in [5, 5.41) is 5.00. The Balaban J connectivity index is 1.08. The van der Waals surface area contributed by atoms with Crippen LogP contribution in [0, 0.1) is 6.92 Å². The fourth-order valence-electron chi connectivity index (χ4n) is 4.19. The third-order valence-corrected chi connectivity index (χ3v) is 8.28.